The Bertz CT molecular complexity index is 691. The topological polar surface area (TPSA) is 67.9 Å². The molecule has 1 aliphatic heterocycles. The lowest BCUT2D eigenvalue weighted by Crippen LogP contribution is -2.37. The molecular formula is C18H18N2O4. The highest BCUT2D eigenvalue weighted by Gasteiger charge is 2.32. The first-order valence-corrected chi connectivity index (χ1v) is 7.70. The fourth-order valence-corrected chi connectivity index (χ4v) is 2.39. The molecule has 0 radical (unpaired) electrons. The van der Waals surface area contributed by atoms with E-state index < -0.39 is 6.09 Å². The molecule has 1 aliphatic rings. The summed E-state index contributed by atoms with van der Waals surface area (Å²) >= 11 is 0. The Morgan fingerprint density at radius 2 is 1.79 bits per heavy atom. The lowest BCUT2D eigenvalue weighted by Gasteiger charge is -2.13. The summed E-state index contributed by atoms with van der Waals surface area (Å²) in [5.41, 5.74) is 0.781. The Morgan fingerprint density at radius 1 is 1.12 bits per heavy atom. The van der Waals surface area contributed by atoms with Crippen molar-refractivity contribution in [1.29, 1.82) is 0 Å². The number of benzene rings is 2. The van der Waals surface area contributed by atoms with Gasteiger partial charge >= 0.3 is 6.09 Å². The summed E-state index contributed by atoms with van der Waals surface area (Å²) in [4.78, 5) is 25.3. The Kier molecular flexibility index (Phi) is 4.96. The number of carbonyl (C=O) groups is 2. The SMILES string of the molecule is O=C(COc1ccccc1)NC[C@H]1CN(c2ccccc2)C(=O)O1. The maximum absolute atomic E-state index is 11.9. The van der Waals surface area contributed by atoms with Crippen molar-refractivity contribution in [3.05, 3.63) is 60.7 Å². The van der Waals surface area contributed by atoms with E-state index in [0.717, 1.165) is 5.69 Å². The summed E-state index contributed by atoms with van der Waals surface area (Å²) in [6.45, 7) is 0.585. The third-order valence-corrected chi connectivity index (χ3v) is 3.58. The lowest BCUT2D eigenvalue weighted by atomic mass is 10.2. The van der Waals surface area contributed by atoms with E-state index in [0.29, 0.717) is 12.3 Å². The van der Waals surface area contributed by atoms with Gasteiger partial charge in [-0.05, 0) is 24.3 Å². The van der Waals surface area contributed by atoms with Crippen LogP contribution in [0.3, 0.4) is 0 Å². The maximum Gasteiger partial charge on any atom is 0.414 e. The molecule has 6 nitrogen and oxygen atoms in total. The second kappa shape index (κ2) is 7.50. The number of ether oxygens (including phenoxy) is 2. The number of amides is 2. The van der Waals surface area contributed by atoms with Crippen LogP contribution in [-0.4, -0.2) is 37.8 Å². The molecule has 2 aromatic rings. The first-order chi connectivity index (χ1) is 11.7. The van der Waals surface area contributed by atoms with E-state index in [1.807, 2.05) is 48.5 Å². The largest absolute Gasteiger partial charge is 0.484 e. The Labute approximate surface area is 140 Å². The van der Waals surface area contributed by atoms with Crippen molar-refractivity contribution in [3.8, 4) is 5.75 Å². The van der Waals surface area contributed by atoms with Crippen LogP contribution >= 0.6 is 0 Å². The van der Waals surface area contributed by atoms with Gasteiger partial charge in [-0.1, -0.05) is 36.4 Å². The van der Waals surface area contributed by atoms with E-state index in [-0.39, 0.29) is 25.2 Å². The number of hydrogen-bond donors (Lipinski definition) is 1. The molecule has 6 heteroatoms. The zero-order valence-electron chi connectivity index (χ0n) is 13.1. The Morgan fingerprint density at radius 3 is 2.50 bits per heavy atom. The van der Waals surface area contributed by atoms with Gasteiger partial charge in [0.05, 0.1) is 13.1 Å². The first-order valence-electron chi connectivity index (χ1n) is 7.70. The van der Waals surface area contributed by atoms with E-state index in [2.05, 4.69) is 5.32 Å². The number of nitrogens with one attached hydrogen (secondary N) is 1. The quantitative estimate of drug-likeness (QED) is 0.884. The average molecular weight is 326 g/mol. The summed E-state index contributed by atoms with van der Waals surface area (Å²) in [6.07, 6.45) is -0.778. The first kappa shape index (κ1) is 15.9. The van der Waals surface area contributed by atoms with Crippen molar-refractivity contribution < 1.29 is 19.1 Å². The molecule has 2 amide bonds. The molecule has 1 saturated heterocycles. The molecule has 1 atom stereocenters. The smallest absolute Gasteiger partial charge is 0.414 e. The predicted molar refractivity (Wildman–Crippen MR) is 89.0 cm³/mol. The molecule has 2 aromatic carbocycles. The highest BCUT2D eigenvalue weighted by atomic mass is 16.6. The van der Waals surface area contributed by atoms with E-state index >= 15 is 0 Å². The van der Waals surface area contributed by atoms with Crippen molar-refractivity contribution in [2.75, 3.05) is 24.6 Å². The van der Waals surface area contributed by atoms with Crippen molar-refractivity contribution in [2.24, 2.45) is 0 Å². The van der Waals surface area contributed by atoms with Gasteiger partial charge in [0.25, 0.3) is 5.91 Å². The number of para-hydroxylation sites is 2. The average Bonchev–Trinajstić information content (AvgIpc) is 3.00. The molecule has 0 bridgehead atoms. The number of cyclic esters (lactones) is 1. The summed E-state index contributed by atoms with van der Waals surface area (Å²) in [6, 6.07) is 18.4. The van der Waals surface area contributed by atoms with Gasteiger partial charge in [0.15, 0.2) is 6.61 Å². The maximum atomic E-state index is 11.9. The van der Waals surface area contributed by atoms with Gasteiger partial charge in [-0.15, -0.1) is 0 Å². The third-order valence-electron chi connectivity index (χ3n) is 3.58. The van der Waals surface area contributed by atoms with E-state index in [4.69, 9.17) is 9.47 Å². The van der Waals surface area contributed by atoms with Crippen LogP contribution in [0.2, 0.25) is 0 Å². The molecular weight excluding hydrogens is 308 g/mol. The van der Waals surface area contributed by atoms with Gasteiger partial charge in [0, 0.05) is 5.69 Å². The van der Waals surface area contributed by atoms with Gasteiger partial charge in [0.2, 0.25) is 0 Å². The molecule has 0 unspecified atom stereocenters. The highest BCUT2D eigenvalue weighted by molar-refractivity contribution is 5.89. The molecule has 1 heterocycles. The number of hydrogen-bond acceptors (Lipinski definition) is 4. The molecule has 0 spiro atoms. The van der Waals surface area contributed by atoms with E-state index in [9.17, 15) is 9.59 Å². The molecule has 24 heavy (non-hydrogen) atoms. The minimum atomic E-state index is -0.402. The van der Waals surface area contributed by atoms with Crippen LogP contribution in [0, 0.1) is 0 Å². The second-order valence-electron chi connectivity index (χ2n) is 5.36. The number of anilines is 1. The van der Waals surface area contributed by atoms with Crippen LogP contribution in [0.5, 0.6) is 5.75 Å². The summed E-state index contributed by atoms with van der Waals surface area (Å²) < 4.78 is 10.6. The molecule has 0 aliphatic carbocycles. The van der Waals surface area contributed by atoms with Crippen LogP contribution in [-0.2, 0) is 9.53 Å². The molecule has 0 aromatic heterocycles. The van der Waals surface area contributed by atoms with Gasteiger partial charge < -0.3 is 14.8 Å². The monoisotopic (exact) mass is 326 g/mol. The highest BCUT2D eigenvalue weighted by Crippen LogP contribution is 2.20. The normalized spacial score (nSPS) is 16.6. The fraction of sp³-hybridized carbons (Fsp3) is 0.222. The number of rotatable bonds is 6. The van der Waals surface area contributed by atoms with Crippen molar-refractivity contribution in [1.82, 2.24) is 5.32 Å². The molecule has 1 fully saturated rings. The van der Waals surface area contributed by atoms with E-state index in [1.54, 1.807) is 17.0 Å². The van der Waals surface area contributed by atoms with Crippen LogP contribution in [0.25, 0.3) is 0 Å². The van der Waals surface area contributed by atoms with Crippen LogP contribution in [0.15, 0.2) is 60.7 Å². The van der Waals surface area contributed by atoms with Gasteiger partial charge in [-0.3, -0.25) is 9.69 Å². The molecule has 0 saturated carbocycles. The van der Waals surface area contributed by atoms with Crippen LogP contribution in [0.4, 0.5) is 10.5 Å². The third kappa shape index (κ3) is 4.04. The second-order valence-corrected chi connectivity index (χ2v) is 5.36. The summed E-state index contributed by atoms with van der Waals surface area (Å²) in [5, 5.41) is 2.72. The van der Waals surface area contributed by atoms with Crippen molar-refractivity contribution in [3.63, 3.8) is 0 Å². The number of carbonyl (C=O) groups excluding carboxylic acids is 2. The van der Waals surface area contributed by atoms with Crippen molar-refractivity contribution in [2.45, 2.75) is 6.10 Å². The van der Waals surface area contributed by atoms with Gasteiger partial charge in [-0.2, -0.15) is 0 Å². The molecule has 124 valence electrons. The zero-order valence-corrected chi connectivity index (χ0v) is 13.1. The lowest BCUT2D eigenvalue weighted by molar-refractivity contribution is -0.123. The summed E-state index contributed by atoms with van der Waals surface area (Å²) in [5.74, 6) is 0.378. The zero-order chi connectivity index (χ0) is 16.8. The minimum absolute atomic E-state index is 0.0763. The van der Waals surface area contributed by atoms with Gasteiger partial charge in [0.1, 0.15) is 11.9 Å². The van der Waals surface area contributed by atoms with Crippen molar-refractivity contribution >= 4 is 17.7 Å². The van der Waals surface area contributed by atoms with Crippen LogP contribution in [0.1, 0.15) is 0 Å². The molecule has 1 N–H and O–H groups in total. The Balaban J connectivity index is 1.44. The fourth-order valence-electron chi connectivity index (χ4n) is 2.39. The summed E-state index contributed by atoms with van der Waals surface area (Å²) in [7, 11) is 0. The predicted octanol–water partition coefficient (Wildman–Crippen LogP) is 2.21. The number of nitrogens with zero attached hydrogens (tertiary/aromatic N) is 1. The standard InChI is InChI=1S/C18H18N2O4/c21-17(13-23-15-9-5-2-6-10-15)19-11-16-12-20(18(22)24-16)14-7-3-1-4-8-14/h1-10,16H,11-13H2,(H,19,21)/t16-/m0/s1. The van der Waals surface area contributed by atoms with E-state index in [1.165, 1.54) is 0 Å². The van der Waals surface area contributed by atoms with Gasteiger partial charge in [-0.25, -0.2) is 4.79 Å². The molecule has 3 rings (SSSR count). The Hall–Kier alpha value is -3.02. The minimum Gasteiger partial charge on any atom is -0.484 e. The van der Waals surface area contributed by atoms with Crippen LogP contribution < -0.4 is 15.0 Å².